The third kappa shape index (κ3) is 4.37. The van der Waals surface area contributed by atoms with E-state index >= 15 is 0 Å². The van der Waals surface area contributed by atoms with Crippen molar-refractivity contribution in [1.29, 1.82) is 5.26 Å². The van der Waals surface area contributed by atoms with Crippen LogP contribution in [0.3, 0.4) is 0 Å². The lowest BCUT2D eigenvalue weighted by molar-refractivity contribution is -0.384. The Balaban J connectivity index is 3.13. The Kier molecular flexibility index (Phi) is 5.68. The van der Waals surface area contributed by atoms with Crippen molar-refractivity contribution in [2.24, 2.45) is 11.8 Å². The molecule has 0 unspecified atom stereocenters. The maximum absolute atomic E-state index is 10.9. The van der Waals surface area contributed by atoms with Gasteiger partial charge in [0.15, 0.2) is 0 Å². The quantitative estimate of drug-likeness (QED) is 0.441. The van der Waals surface area contributed by atoms with E-state index in [2.05, 4.69) is 16.5 Å². The fraction of sp³-hybridized carbons (Fsp3) is 0.500. The van der Waals surface area contributed by atoms with Crippen molar-refractivity contribution in [2.45, 2.75) is 20.3 Å². The zero-order valence-electron chi connectivity index (χ0n) is 11.5. The van der Waals surface area contributed by atoms with E-state index in [0.717, 1.165) is 0 Å². The lowest BCUT2D eigenvalue weighted by Crippen LogP contribution is -2.29. The smallest absolute Gasteiger partial charge is 0.276 e. The molecule has 8 heteroatoms. The molecule has 0 atom stereocenters. The van der Waals surface area contributed by atoms with Gasteiger partial charge in [0.05, 0.1) is 29.5 Å². The average Bonchev–Trinajstić information content (AvgIpc) is 2.42. The Morgan fingerprint density at radius 2 is 2.30 bits per heavy atom. The number of nitrogens with zero attached hydrogens (tertiary/aromatic N) is 4. The van der Waals surface area contributed by atoms with Crippen LogP contribution in [0.5, 0.6) is 0 Å². The van der Waals surface area contributed by atoms with Gasteiger partial charge in [0.2, 0.25) is 0 Å². The number of nitrogens with two attached hydrogens (primary N) is 1. The van der Waals surface area contributed by atoms with Crippen molar-refractivity contribution < 1.29 is 4.92 Å². The summed E-state index contributed by atoms with van der Waals surface area (Å²) in [6.45, 7) is 5.17. The number of nitrogens with one attached hydrogen (secondary N) is 1. The maximum Gasteiger partial charge on any atom is 0.276 e. The second kappa shape index (κ2) is 7.25. The van der Waals surface area contributed by atoms with Gasteiger partial charge < -0.3 is 10.3 Å². The van der Waals surface area contributed by atoms with Crippen LogP contribution in [0.1, 0.15) is 20.3 Å². The van der Waals surface area contributed by atoms with Crippen LogP contribution in [0, 0.1) is 27.4 Å². The minimum atomic E-state index is -0.496. The first-order valence-electron chi connectivity index (χ1n) is 6.23. The topological polar surface area (TPSA) is 121 Å². The van der Waals surface area contributed by atoms with Crippen molar-refractivity contribution in [1.82, 2.24) is 4.98 Å². The third-order valence-corrected chi connectivity index (χ3v) is 2.56. The molecule has 1 rings (SSSR count). The molecule has 20 heavy (non-hydrogen) atoms. The van der Waals surface area contributed by atoms with Crippen molar-refractivity contribution in [3.8, 4) is 6.07 Å². The van der Waals surface area contributed by atoms with Gasteiger partial charge in [0.25, 0.3) is 5.69 Å². The number of nitriles is 1. The second-order valence-electron chi connectivity index (χ2n) is 4.72. The highest BCUT2D eigenvalue weighted by Crippen LogP contribution is 2.23. The highest BCUT2D eigenvalue weighted by atomic mass is 16.6. The van der Waals surface area contributed by atoms with Gasteiger partial charge in [-0.3, -0.25) is 10.1 Å². The molecular weight excluding hydrogens is 260 g/mol. The van der Waals surface area contributed by atoms with Crippen molar-refractivity contribution in [3.63, 3.8) is 0 Å². The summed E-state index contributed by atoms with van der Waals surface area (Å²) in [7, 11) is 0. The van der Waals surface area contributed by atoms with E-state index in [1.807, 2.05) is 18.7 Å². The van der Waals surface area contributed by atoms with Crippen LogP contribution in [0.15, 0.2) is 12.1 Å². The molecule has 0 saturated heterocycles. The fourth-order valence-electron chi connectivity index (χ4n) is 1.77. The average molecular weight is 278 g/mol. The summed E-state index contributed by atoms with van der Waals surface area (Å²) in [5.74, 6) is 6.28. The predicted molar refractivity (Wildman–Crippen MR) is 76.0 cm³/mol. The number of rotatable bonds is 7. The summed E-state index contributed by atoms with van der Waals surface area (Å²) in [6.07, 6.45) is 0.322. The van der Waals surface area contributed by atoms with Crippen molar-refractivity contribution in [2.75, 3.05) is 23.4 Å². The van der Waals surface area contributed by atoms with E-state index < -0.39 is 4.92 Å². The van der Waals surface area contributed by atoms with E-state index in [1.54, 1.807) is 0 Å². The van der Waals surface area contributed by atoms with Gasteiger partial charge in [0.1, 0.15) is 11.6 Å². The highest BCUT2D eigenvalue weighted by Gasteiger charge is 2.16. The number of nitro groups is 1. The first-order valence-corrected chi connectivity index (χ1v) is 6.23. The van der Waals surface area contributed by atoms with Gasteiger partial charge in [0, 0.05) is 13.1 Å². The van der Waals surface area contributed by atoms with Gasteiger partial charge in [-0.05, 0) is 5.92 Å². The number of anilines is 2. The molecule has 0 radical (unpaired) electrons. The molecule has 8 nitrogen and oxygen atoms in total. The summed E-state index contributed by atoms with van der Waals surface area (Å²) < 4.78 is 0. The van der Waals surface area contributed by atoms with E-state index in [1.165, 1.54) is 12.1 Å². The SMILES string of the molecule is CC(C)CN(CCC#N)c1cc([N+](=O)[O-])cc(NN)n1. The molecule has 0 aliphatic carbocycles. The van der Waals surface area contributed by atoms with E-state index in [0.29, 0.717) is 31.2 Å². The second-order valence-corrected chi connectivity index (χ2v) is 4.72. The summed E-state index contributed by atoms with van der Waals surface area (Å²) in [5, 5.41) is 19.6. The van der Waals surface area contributed by atoms with Crippen LogP contribution >= 0.6 is 0 Å². The van der Waals surface area contributed by atoms with Gasteiger partial charge in [-0.25, -0.2) is 10.8 Å². The predicted octanol–water partition coefficient (Wildman–Crippen LogP) is 1.65. The number of pyridine rings is 1. The van der Waals surface area contributed by atoms with Gasteiger partial charge in [-0.1, -0.05) is 13.8 Å². The van der Waals surface area contributed by atoms with Gasteiger partial charge >= 0.3 is 0 Å². The van der Waals surface area contributed by atoms with Crippen LogP contribution in [-0.2, 0) is 0 Å². The van der Waals surface area contributed by atoms with E-state index in [9.17, 15) is 10.1 Å². The van der Waals surface area contributed by atoms with E-state index in [4.69, 9.17) is 11.1 Å². The Morgan fingerprint density at radius 3 is 2.80 bits per heavy atom. The summed E-state index contributed by atoms with van der Waals surface area (Å²) >= 11 is 0. The molecule has 3 N–H and O–H groups in total. The molecule has 0 saturated carbocycles. The largest absolute Gasteiger partial charge is 0.355 e. The zero-order chi connectivity index (χ0) is 15.1. The number of hydrazine groups is 1. The molecule has 1 aromatic rings. The number of hydrogen-bond donors (Lipinski definition) is 2. The summed E-state index contributed by atoms with van der Waals surface area (Å²) in [4.78, 5) is 16.5. The standard InChI is InChI=1S/C12H18N6O2/c1-9(2)8-17(5-3-4-13)12-7-10(18(19)20)6-11(15-12)16-14/h6-7,9H,3,5,8,14H2,1-2H3,(H,15,16). The van der Waals surface area contributed by atoms with Crippen LogP contribution in [0.2, 0.25) is 0 Å². The lowest BCUT2D eigenvalue weighted by atomic mass is 10.2. The molecule has 0 aromatic carbocycles. The van der Waals surface area contributed by atoms with E-state index in [-0.39, 0.29) is 11.5 Å². The Hall–Kier alpha value is -2.40. The molecule has 0 amide bonds. The van der Waals surface area contributed by atoms with Crippen LogP contribution in [0.4, 0.5) is 17.3 Å². The Bertz CT molecular complexity index is 511. The molecule has 0 fully saturated rings. The first-order chi connectivity index (χ1) is 9.47. The molecule has 1 aromatic heterocycles. The summed E-state index contributed by atoms with van der Waals surface area (Å²) in [6, 6.07) is 4.72. The maximum atomic E-state index is 10.9. The number of aromatic nitrogens is 1. The minimum absolute atomic E-state index is 0.0892. The van der Waals surface area contributed by atoms with Gasteiger partial charge in [-0.15, -0.1) is 0 Å². The highest BCUT2D eigenvalue weighted by molar-refractivity contribution is 5.55. The molecule has 0 aliphatic heterocycles. The third-order valence-electron chi connectivity index (χ3n) is 2.56. The molecule has 1 heterocycles. The summed E-state index contributed by atoms with van der Waals surface area (Å²) in [5.41, 5.74) is 2.23. The van der Waals surface area contributed by atoms with Gasteiger partial charge in [-0.2, -0.15) is 5.26 Å². The molecular formula is C12H18N6O2. The number of nitrogen functional groups attached to an aromatic ring is 1. The van der Waals surface area contributed by atoms with Crippen LogP contribution in [0.25, 0.3) is 0 Å². The Morgan fingerprint density at radius 1 is 1.60 bits per heavy atom. The molecule has 0 bridgehead atoms. The zero-order valence-corrected chi connectivity index (χ0v) is 11.5. The normalized spacial score (nSPS) is 10.2. The minimum Gasteiger partial charge on any atom is -0.355 e. The monoisotopic (exact) mass is 278 g/mol. The lowest BCUT2D eigenvalue weighted by Gasteiger charge is -2.24. The molecule has 108 valence electrons. The van der Waals surface area contributed by atoms with Crippen molar-refractivity contribution in [3.05, 3.63) is 22.2 Å². The Labute approximate surface area is 117 Å². The van der Waals surface area contributed by atoms with Crippen LogP contribution < -0.4 is 16.2 Å². The van der Waals surface area contributed by atoms with Crippen molar-refractivity contribution >= 4 is 17.3 Å². The first kappa shape index (κ1) is 15.7. The van der Waals surface area contributed by atoms with Crippen LogP contribution in [-0.4, -0.2) is 23.0 Å². The fourth-order valence-corrected chi connectivity index (χ4v) is 1.77. The molecule has 0 aliphatic rings. The number of hydrogen-bond acceptors (Lipinski definition) is 7. The molecule has 0 spiro atoms.